The highest BCUT2D eigenvalue weighted by Crippen LogP contribution is 2.20. The molecule has 4 heteroatoms. The van der Waals surface area contributed by atoms with E-state index in [0.29, 0.717) is 12.0 Å². The molecule has 1 aromatic carbocycles. The first-order valence-corrected chi connectivity index (χ1v) is 7.30. The number of nitrogens with zero attached hydrogens (tertiary/aromatic N) is 1. The molecule has 1 fully saturated rings. The lowest BCUT2D eigenvalue weighted by Crippen LogP contribution is -2.52. The van der Waals surface area contributed by atoms with E-state index in [4.69, 9.17) is 4.74 Å². The third-order valence-corrected chi connectivity index (χ3v) is 3.61. The molecule has 1 aliphatic rings. The molecule has 1 unspecified atom stereocenters. The summed E-state index contributed by atoms with van der Waals surface area (Å²) in [6.45, 7) is 8.88. The van der Waals surface area contributed by atoms with Gasteiger partial charge in [-0.25, -0.2) is 0 Å². The Morgan fingerprint density at radius 1 is 1.50 bits per heavy atom. The molecule has 0 radical (unpaired) electrons. The number of nitrogens with one attached hydrogen (secondary N) is 1. The minimum absolute atomic E-state index is 0.0632. The lowest BCUT2D eigenvalue weighted by Gasteiger charge is -2.31. The third-order valence-electron chi connectivity index (χ3n) is 3.61. The fourth-order valence-corrected chi connectivity index (χ4v) is 2.36. The quantitative estimate of drug-likeness (QED) is 0.914. The van der Waals surface area contributed by atoms with Crippen LogP contribution in [0.2, 0.25) is 0 Å². The maximum absolute atomic E-state index is 12.1. The number of ether oxygens (including phenoxy) is 1. The highest BCUT2D eigenvalue weighted by molar-refractivity contribution is 5.78. The Labute approximate surface area is 121 Å². The van der Waals surface area contributed by atoms with Crippen LogP contribution in [0, 0.1) is 0 Å². The van der Waals surface area contributed by atoms with Crippen molar-refractivity contribution in [3.05, 3.63) is 29.8 Å². The second-order valence-electron chi connectivity index (χ2n) is 5.71. The van der Waals surface area contributed by atoms with Crippen LogP contribution in [0.5, 0.6) is 5.75 Å². The van der Waals surface area contributed by atoms with E-state index in [1.54, 1.807) is 0 Å². The van der Waals surface area contributed by atoms with Gasteiger partial charge in [0, 0.05) is 25.7 Å². The van der Waals surface area contributed by atoms with Crippen LogP contribution in [-0.2, 0) is 4.79 Å². The van der Waals surface area contributed by atoms with Crippen LogP contribution in [0.15, 0.2) is 24.3 Å². The van der Waals surface area contributed by atoms with Gasteiger partial charge in [-0.2, -0.15) is 0 Å². The summed E-state index contributed by atoms with van der Waals surface area (Å²) in [6.07, 6.45) is 0. The summed E-state index contributed by atoms with van der Waals surface area (Å²) in [5.41, 5.74) is 1.23. The van der Waals surface area contributed by atoms with E-state index in [2.05, 4.69) is 32.2 Å². The summed E-state index contributed by atoms with van der Waals surface area (Å²) < 4.78 is 5.64. The van der Waals surface area contributed by atoms with Crippen LogP contribution in [0.4, 0.5) is 0 Å². The second kappa shape index (κ2) is 6.75. The largest absolute Gasteiger partial charge is 0.484 e. The predicted octanol–water partition coefficient (Wildman–Crippen LogP) is 2.01. The smallest absolute Gasteiger partial charge is 0.260 e. The summed E-state index contributed by atoms with van der Waals surface area (Å²) in [5.74, 6) is 1.30. The molecule has 0 aromatic heterocycles. The first-order valence-electron chi connectivity index (χ1n) is 7.30. The number of benzene rings is 1. The molecule has 20 heavy (non-hydrogen) atoms. The van der Waals surface area contributed by atoms with Crippen LogP contribution >= 0.6 is 0 Å². The second-order valence-corrected chi connectivity index (χ2v) is 5.71. The topological polar surface area (TPSA) is 41.6 Å². The van der Waals surface area contributed by atoms with E-state index in [1.165, 1.54) is 5.56 Å². The SMILES string of the molecule is CC1CN(C(=O)COc2cccc(C(C)C)c2)CCN1. The fourth-order valence-electron chi connectivity index (χ4n) is 2.36. The van der Waals surface area contributed by atoms with Gasteiger partial charge in [-0.3, -0.25) is 4.79 Å². The van der Waals surface area contributed by atoms with E-state index in [9.17, 15) is 4.79 Å². The molecule has 4 nitrogen and oxygen atoms in total. The molecule has 1 aliphatic heterocycles. The van der Waals surface area contributed by atoms with Crippen molar-refractivity contribution in [2.24, 2.45) is 0 Å². The number of amides is 1. The van der Waals surface area contributed by atoms with E-state index in [1.807, 2.05) is 23.1 Å². The Kier molecular flexibility index (Phi) is 5.01. The van der Waals surface area contributed by atoms with Gasteiger partial charge in [-0.1, -0.05) is 26.0 Å². The lowest BCUT2D eigenvalue weighted by atomic mass is 10.0. The predicted molar refractivity (Wildman–Crippen MR) is 80.1 cm³/mol. The summed E-state index contributed by atoms with van der Waals surface area (Å²) in [7, 11) is 0. The van der Waals surface area contributed by atoms with Gasteiger partial charge in [-0.05, 0) is 30.5 Å². The third kappa shape index (κ3) is 3.97. The van der Waals surface area contributed by atoms with Crippen molar-refractivity contribution in [3.8, 4) is 5.75 Å². The van der Waals surface area contributed by atoms with Gasteiger partial charge in [0.15, 0.2) is 6.61 Å². The highest BCUT2D eigenvalue weighted by atomic mass is 16.5. The van der Waals surface area contributed by atoms with Crippen molar-refractivity contribution in [3.63, 3.8) is 0 Å². The molecule has 1 amide bonds. The van der Waals surface area contributed by atoms with Crippen molar-refractivity contribution in [2.45, 2.75) is 32.7 Å². The zero-order valence-corrected chi connectivity index (χ0v) is 12.6. The summed E-state index contributed by atoms with van der Waals surface area (Å²) >= 11 is 0. The fraction of sp³-hybridized carbons (Fsp3) is 0.562. The number of rotatable bonds is 4. The van der Waals surface area contributed by atoms with Crippen molar-refractivity contribution in [2.75, 3.05) is 26.2 Å². The first kappa shape index (κ1) is 14.9. The summed E-state index contributed by atoms with van der Waals surface area (Å²) in [4.78, 5) is 14.0. The molecule has 1 aromatic rings. The molecule has 1 N–H and O–H groups in total. The Morgan fingerprint density at radius 3 is 3.00 bits per heavy atom. The van der Waals surface area contributed by atoms with Gasteiger partial charge >= 0.3 is 0 Å². The summed E-state index contributed by atoms with van der Waals surface area (Å²) in [5, 5.41) is 3.33. The van der Waals surface area contributed by atoms with Crippen LogP contribution in [0.25, 0.3) is 0 Å². The molecule has 0 bridgehead atoms. The van der Waals surface area contributed by atoms with Crippen molar-refractivity contribution >= 4 is 5.91 Å². The van der Waals surface area contributed by atoms with E-state index in [-0.39, 0.29) is 12.5 Å². The molecule has 0 spiro atoms. The van der Waals surface area contributed by atoms with Gasteiger partial charge in [0.1, 0.15) is 5.75 Å². The maximum atomic E-state index is 12.1. The molecule has 110 valence electrons. The number of carbonyl (C=O) groups excluding carboxylic acids is 1. The van der Waals surface area contributed by atoms with E-state index >= 15 is 0 Å². The van der Waals surface area contributed by atoms with Crippen LogP contribution < -0.4 is 10.1 Å². The van der Waals surface area contributed by atoms with E-state index < -0.39 is 0 Å². The average molecular weight is 276 g/mol. The van der Waals surface area contributed by atoms with E-state index in [0.717, 1.165) is 25.4 Å². The Morgan fingerprint density at radius 2 is 2.30 bits per heavy atom. The standard InChI is InChI=1S/C16H24N2O2/c1-12(2)14-5-4-6-15(9-14)20-11-16(19)18-8-7-17-13(3)10-18/h4-6,9,12-13,17H,7-8,10-11H2,1-3H3. The molecule has 1 atom stereocenters. The number of carbonyl (C=O) groups is 1. The number of hydrogen-bond acceptors (Lipinski definition) is 3. The first-order chi connectivity index (χ1) is 9.56. The normalized spacial score (nSPS) is 19.2. The van der Waals surface area contributed by atoms with Crippen molar-refractivity contribution < 1.29 is 9.53 Å². The maximum Gasteiger partial charge on any atom is 0.260 e. The lowest BCUT2D eigenvalue weighted by molar-refractivity contribution is -0.134. The Balaban J connectivity index is 1.88. The molecule has 1 heterocycles. The van der Waals surface area contributed by atoms with Crippen molar-refractivity contribution in [1.82, 2.24) is 10.2 Å². The minimum Gasteiger partial charge on any atom is -0.484 e. The van der Waals surface area contributed by atoms with Crippen LogP contribution in [0.1, 0.15) is 32.3 Å². The molecule has 1 saturated heterocycles. The average Bonchev–Trinajstić information content (AvgIpc) is 2.45. The molecule has 0 saturated carbocycles. The van der Waals surface area contributed by atoms with Crippen LogP contribution in [0.3, 0.4) is 0 Å². The van der Waals surface area contributed by atoms with Gasteiger partial charge < -0.3 is 15.0 Å². The monoisotopic (exact) mass is 276 g/mol. The Bertz CT molecular complexity index is 460. The van der Waals surface area contributed by atoms with Gasteiger partial charge in [-0.15, -0.1) is 0 Å². The van der Waals surface area contributed by atoms with Gasteiger partial charge in [0.05, 0.1) is 0 Å². The Hall–Kier alpha value is -1.55. The molecule has 0 aliphatic carbocycles. The molecular weight excluding hydrogens is 252 g/mol. The summed E-state index contributed by atoms with van der Waals surface area (Å²) in [6, 6.07) is 8.33. The van der Waals surface area contributed by atoms with Gasteiger partial charge in [0.2, 0.25) is 0 Å². The molecule has 2 rings (SSSR count). The minimum atomic E-state index is 0.0632. The van der Waals surface area contributed by atoms with Gasteiger partial charge in [0.25, 0.3) is 5.91 Å². The molecular formula is C16H24N2O2. The zero-order valence-electron chi connectivity index (χ0n) is 12.6. The zero-order chi connectivity index (χ0) is 14.5. The van der Waals surface area contributed by atoms with Crippen molar-refractivity contribution in [1.29, 1.82) is 0 Å². The number of piperazine rings is 1. The highest BCUT2D eigenvalue weighted by Gasteiger charge is 2.20. The number of hydrogen-bond donors (Lipinski definition) is 1. The van der Waals surface area contributed by atoms with Crippen LogP contribution in [-0.4, -0.2) is 43.1 Å².